The van der Waals surface area contributed by atoms with Gasteiger partial charge in [-0.1, -0.05) is 11.6 Å². The molecule has 1 aliphatic heterocycles. The van der Waals surface area contributed by atoms with Crippen LogP contribution in [0.3, 0.4) is 0 Å². The van der Waals surface area contributed by atoms with Crippen LogP contribution >= 0.6 is 22.9 Å². The van der Waals surface area contributed by atoms with Gasteiger partial charge in [0.15, 0.2) is 0 Å². The highest BCUT2D eigenvalue weighted by Crippen LogP contribution is 2.28. The minimum absolute atomic E-state index is 0.0741. The van der Waals surface area contributed by atoms with Crippen molar-refractivity contribution in [1.82, 2.24) is 24.5 Å². The number of imidazole rings is 1. The SMILES string of the molecule is CN(C)C(=O)CNCc1nccn1-c1ccc(N2CC[C@H](NS(=O)(=O)CCc3ccc(Cl)s3)C2=O)c(F)c1.O=CO. The predicted octanol–water partition coefficient (Wildman–Crippen LogP) is 1.87. The summed E-state index contributed by atoms with van der Waals surface area (Å²) in [5.74, 6) is -0.800. The summed E-state index contributed by atoms with van der Waals surface area (Å²) in [5.41, 5.74) is 0.571. The molecule has 4 rings (SSSR count). The first-order valence-corrected chi connectivity index (χ1v) is 15.2. The van der Waals surface area contributed by atoms with Crippen molar-refractivity contribution in [3.05, 3.63) is 63.6 Å². The van der Waals surface area contributed by atoms with E-state index in [0.29, 0.717) is 22.4 Å². The van der Waals surface area contributed by atoms with Gasteiger partial charge in [-0.3, -0.25) is 14.4 Å². The highest BCUT2D eigenvalue weighted by atomic mass is 35.5. The highest BCUT2D eigenvalue weighted by molar-refractivity contribution is 7.89. The van der Waals surface area contributed by atoms with Crippen molar-refractivity contribution in [1.29, 1.82) is 0 Å². The Kier molecular flexibility index (Phi) is 11.4. The lowest BCUT2D eigenvalue weighted by Crippen LogP contribution is -2.42. The Morgan fingerprint density at radius 3 is 2.68 bits per heavy atom. The number of carboxylic acid groups (broad SMARTS) is 1. The fourth-order valence-electron chi connectivity index (χ4n) is 4.03. The normalized spacial score (nSPS) is 15.0. The number of nitrogens with one attached hydrogen (secondary N) is 2. The summed E-state index contributed by atoms with van der Waals surface area (Å²) in [4.78, 5) is 40.9. The number of carbonyl (C=O) groups is 3. The number of thiophene rings is 1. The van der Waals surface area contributed by atoms with Crippen LogP contribution in [0.1, 0.15) is 17.1 Å². The van der Waals surface area contributed by atoms with Crippen molar-refractivity contribution in [2.45, 2.75) is 25.4 Å². The Morgan fingerprint density at radius 2 is 2.05 bits per heavy atom. The van der Waals surface area contributed by atoms with Gasteiger partial charge in [-0.25, -0.2) is 22.5 Å². The summed E-state index contributed by atoms with van der Waals surface area (Å²) in [6.07, 6.45) is 3.76. The molecule has 2 aromatic heterocycles. The first-order chi connectivity index (χ1) is 19.5. The van der Waals surface area contributed by atoms with E-state index in [-0.39, 0.29) is 49.8 Å². The molecule has 12 nitrogen and oxygen atoms in total. The molecule has 222 valence electrons. The largest absolute Gasteiger partial charge is 0.483 e. The van der Waals surface area contributed by atoms with Crippen LogP contribution in [0, 0.1) is 5.82 Å². The lowest BCUT2D eigenvalue weighted by atomic mass is 10.2. The number of sulfonamides is 1. The Morgan fingerprint density at radius 1 is 1.32 bits per heavy atom. The Labute approximate surface area is 245 Å². The number of aryl methyl sites for hydroxylation is 1. The van der Waals surface area contributed by atoms with Crippen LogP contribution in [-0.2, 0) is 37.4 Å². The fraction of sp³-hybridized carbons (Fsp3) is 0.360. The molecular formula is C25H30ClFN6O6S2. The second kappa shape index (κ2) is 14.5. The second-order valence-electron chi connectivity index (χ2n) is 9.07. The third-order valence-electron chi connectivity index (χ3n) is 6.05. The van der Waals surface area contributed by atoms with Crippen LogP contribution < -0.4 is 14.9 Å². The molecule has 0 saturated carbocycles. The van der Waals surface area contributed by atoms with E-state index in [1.807, 2.05) is 0 Å². The topological polar surface area (TPSA) is 154 Å². The number of benzene rings is 1. The zero-order valence-electron chi connectivity index (χ0n) is 22.3. The Balaban J connectivity index is 0.00000147. The molecule has 2 amide bonds. The molecule has 1 aliphatic rings. The van der Waals surface area contributed by atoms with Gasteiger partial charge in [0.2, 0.25) is 21.8 Å². The van der Waals surface area contributed by atoms with Gasteiger partial charge in [-0.05, 0) is 37.1 Å². The lowest BCUT2D eigenvalue weighted by molar-refractivity contribution is -0.127. The number of likely N-dealkylation sites (N-methyl/N-ethyl adjacent to an activating group) is 1. The van der Waals surface area contributed by atoms with Crippen LogP contribution in [-0.4, -0.2) is 85.2 Å². The van der Waals surface area contributed by atoms with Crippen molar-refractivity contribution in [3.8, 4) is 5.69 Å². The number of hydrogen-bond donors (Lipinski definition) is 3. The highest BCUT2D eigenvalue weighted by Gasteiger charge is 2.36. The van der Waals surface area contributed by atoms with Gasteiger partial charge in [0.1, 0.15) is 17.7 Å². The number of hydrogen-bond acceptors (Lipinski definition) is 8. The molecule has 0 aliphatic carbocycles. The number of amides is 2. The van der Waals surface area contributed by atoms with Gasteiger partial charge in [-0.2, -0.15) is 0 Å². The zero-order chi connectivity index (χ0) is 30.2. The third-order valence-corrected chi connectivity index (χ3v) is 8.73. The van der Waals surface area contributed by atoms with Crippen molar-refractivity contribution in [2.24, 2.45) is 0 Å². The fourth-order valence-corrected chi connectivity index (χ4v) is 6.50. The average Bonchev–Trinajstić information content (AvgIpc) is 3.64. The maximum absolute atomic E-state index is 15.2. The standard InChI is InChI=1S/C24H28ClFN6O4S2.CH2O2/c1-30(2)23(33)15-27-14-22-28-9-11-31(22)16-3-5-20(18(26)13-16)32-10-7-19(24(32)34)29-38(35,36)12-8-17-4-6-21(25)37-17;2-1-3/h3-6,9,11,13,19,27,29H,7-8,10,12,14-15H2,1-2H3;1H,(H,2,3)/t19-;/m0./s1. The summed E-state index contributed by atoms with van der Waals surface area (Å²) in [6, 6.07) is 6.97. The van der Waals surface area contributed by atoms with E-state index < -0.39 is 27.8 Å². The van der Waals surface area contributed by atoms with E-state index in [1.165, 1.54) is 33.3 Å². The molecule has 3 N–H and O–H groups in total. The number of anilines is 1. The van der Waals surface area contributed by atoms with Crippen LogP contribution in [0.5, 0.6) is 0 Å². The summed E-state index contributed by atoms with van der Waals surface area (Å²) in [7, 11) is -0.395. The van der Waals surface area contributed by atoms with Crippen molar-refractivity contribution >= 4 is 56.9 Å². The van der Waals surface area contributed by atoms with Gasteiger partial charge in [-0.15, -0.1) is 11.3 Å². The number of carbonyl (C=O) groups excluding carboxylic acids is 2. The van der Waals surface area contributed by atoms with Crippen LogP contribution in [0.2, 0.25) is 4.34 Å². The van der Waals surface area contributed by atoms with Gasteiger partial charge in [0.05, 0.1) is 28.9 Å². The van der Waals surface area contributed by atoms with Gasteiger partial charge < -0.3 is 24.8 Å². The Hall–Kier alpha value is -3.37. The zero-order valence-corrected chi connectivity index (χ0v) is 24.7. The molecule has 3 aromatic rings. The number of nitrogens with zero attached hydrogens (tertiary/aromatic N) is 4. The molecule has 41 heavy (non-hydrogen) atoms. The number of rotatable bonds is 11. The van der Waals surface area contributed by atoms with Crippen molar-refractivity contribution in [3.63, 3.8) is 0 Å². The molecule has 1 atom stereocenters. The molecule has 0 bridgehead atoms. The molecule has 1 fully saturated rings. The molecule has 3 heterocycles. The maximum Gasteiger partial charge on any atom is 0.290 e. The third kappa shape index (κ3) is 8.81. The smallest absolute Gasteiger partial charge is 0.290 e. The van der Waals surface area contributed by atoms with Crippen molar-refractivity contribution < 1.29 is 32.3 Å². The number of aromatic nitrogens is 2. The number of halogens is 2. The van der Waals surface area contributed by atoms with E-state index in [2.05, 4.69) is 15.0 Å². The molecule has 0 spiro atoms. The lowest BCUT2D eigenvalue weighted by Gasteiger charge is -2.19. The molecule has 16 heteroatoms. The molecule has 1 saturated heterocycles. The van der Waals surface area contributed by atoms with E-state index in [1.54, 1.807) is 49.3 Å². The minimum Gasteiger partial charge on any atom is -0.483 e. The molecular weight excluding hydrogens is 599 g/mol. The first kappa shape index (κ1) is 32.1. The Bertz CT molecular complexity index is 1480. The van der Waals surface area contributed by atoms with Crippen LogP contribution in [0.15, 0.2) is 42.7 Å². The molecule has 0 radical (unpaired) electrons. The van der Waals surface area contributed by atoms with Gasteiger partial charge in [0, 0.05) is 49.7 Å². The molecule has 0 unspecified atom stereocenters. The quantitative estimate of drug-likeness (QED) is 0.272. The maximum atomic E-state index is 15.2. The van der Waals surface area contributed by atoms with Gasteiger partial charge in [0.25, 0.3) is 6.47 Å². The van der Waals surface area contributed by atoms with E-state index in [4.69, 9.17) is 21.5 Å². The van der Waals surface area contributed by atoms with Crippen molar-refractivity contribution in [2.75, 3.05) is 37.8 Å². The summed E-state index contributed by atoms with van der Waals surface area (Å²) < 4.78 is 45.0. The predicted molar refractivity (Wildman–Crippen MR) is 153 cm³/mol. The minimum atomic E-state index is -3.73. The molecule has 1 aromatic carbocycles. The van der Waals surface area contributed by atoms with Gasteiger partial charge >= 0.3 is 0 Å². The van der Waals surface area contributed by atoms with Crippen LogP contribution in [0.4, 0.5) is 10.1 Å². The first-order valence-electron chi connectivity index (χ1n) is 12.3. The van der Waals surface area contributed by atoms with E-state index >= 15 is 4.39 Å². The average molecular weight is 629 g/mol. The summed E-state index contributed by atoms with van der Waals surface area (Å²) in [5, 5.41) is 9.90. The van der Waals surface area contributed by atoms with Crippen LogP contribution in [0.25, 0.3) is 5.69 Å². The van der Waals surface area contributed by atoms with E-state index in [9.17, 15) is 18.0 Å². The summed E-state index contributed by atoms with van der Waals surface area (Å²) >= 11 is 7.20. The summed E-state index contributed by atoms with van der Waals surface area (Å²) in [6.45, 7) is 0.364. The van der Waals surface area contributed by atoms with E-state index in [0.717, 1.165) is 4.88 Å². The second-order valence-corrected chi connectivity index (χ2v) is 12.7. The monoisotopic (exact) mass is 628 g/mol.